The van der Waals surface area contributed by atoms with E-state index in [2.05, 4.69) is 63.5 Å². The lowest BCUT2D eigenvalue weighted by Gasteiger charge is -2.35. The molecule has 0 atom stereocenters. The zero-order chi connectivity index (χ0) is 17.9. The van der Waals surface area contributed by atoms with Crippen molar-refractivity contribution >= 4 is 40.2 Å². The van der Waals surface area contributed by atoms with Crippen molar-refractivity contribution in [2.45, 2.75) is 13.5 Å². The van der Waals surface area contributed by atoms with Crippen molar-refractivity contribution in [3.05, 3.63) is 62.7 Å². The number of thiophene rings is 1. The van der Waals surface area contributed by atoms with E-state index >= 15 is 0 Å². The van der Waals surface area contributed by atoms with Crippen LogP contribution >= 0.6 is 23.1 Å². The van der Waals surface area contributed by atoms with Crippen LogP contribution in [0.1, 0.15) is 16.0 Å². The van der Waals surface area contributed by atoms with Gasteiger partial charge < -0.3 is 4.90 Å². The van der Waals surface area contributed by atoms with Gasteiger partial charge >= 0.3 is 0 Å². The summed E-state index contributed by atoms with van der Waals surface area (Å²) in [5, 5.41) is 2.91. The van der Waals surface area contributed by atoms with E-state index in [1.807, 2.05) is 6.08 Å². The summed E-state index contributed by atoms with van der Waals surface area (Å²) in [6.07, 6.45) is 1.98. The standard InChI is InChI=1S/C20H21N3OS2/c1-15-7-12-25-17(15)13-18-19(24)21-20(26-18)23-10-8-22(9-11-23)14-16-5-3-2-4-6-16/h2-7,12-13H,8-11,14H2,1H3/b18-13+. The lowest BCUT2D eigenvalue weighted by molar-refractivity contribution is -0.113. The van der Waals surface area contributed by atoms with Crippen LogP contribution in [0.2, 0.25) is 0 Å². The summed E-state index contributed by atoms with van der Waals surface area (Å²) in [6.45, 7) is 6.86. The smallest absolute Gasteiger partial charge is 0.286 e. The van der Waals surface area contributed by atoms with Crippen LogP contribution in [0, 0.1) is 6.92 Å². The molecule has 4 nitrogen and oxygen atoms in total. The molecular formula is C20H21N3OS2. The third kappa shape index (κ3) is 3.92. The van der Waals surface area contributed by atoms with E-state index in [-0.39, 0.29) is 5.91 Å². The van der Waals surface area contributed by atoms with Crippen LogP contribution in [0.4, 0.5) is 0 Å². The SMILES string of the molecule is Cc1ccsc1/C=C1/SC(N2CCN(Cc3ccccc3)CC2)=NC1=O. The highest BCUT2D eigenvalue weighted by atomic mass is 32.2. The topological polar surface area (TPSA) is 35.9 Å². The lowest BCUT2D eigenvalue weighted by Crippen LogP contribution is -2.47. The summed E-state index contributed by atoms with van der Waals surface area (Å²) in [7, 11) is 0. The highest BCUT2D eigenvalue weighted by molar-refractivity contribution is 8.18. The summed E-state index contributed by atoms with van der Waals surface area (Å²) in [5.41, 5.74) is 2.55. The molecule has 0 spiro atoms. The van der Waals surface area contributed by atoms with Crippen molar-refractivity contribution in [3.8, 4) is 0 Å². The van der Waals surface area contributed by atoms with Gasteiger partial charge in [-0.1, -0.05) is 30.3 Å². The molecule has 1 aromatic carbocycles. The molecule has 2 aromatic rings. The zero-order valence-corrected chi connectivity index (χ0v) is 16.4. The largest absolute Gasteiger partial charge is 0.348 e. The molecule has 0 unspecified atom stereocenters. The Morgan fingerprint density at radius 1 is 1.12 bits per heavy atom. The number of carbonyl (C=O) groups is 1. The molecule has 1 amide bonds. The summed E-state index contributed by atoms with van der Waals surface area (Å²) in [4.78, 5) is 23.1. The highest BCUT2D eigenvalue weighted by Crippen LogP contribution is 2.32. The van der Waals surface area contributed by atoms with E-state index in [1.54, 1.807) is 11.3 Å². The Morgan fingerprint density at radius 2 is 1.88 bits per heavy atom. The number of thioether (sulfide) groups is 1. The predicted molar refractivity (Wildman–Crippen MR) is 110 cm³/mol. The van der Waals surface area contributed by atoms with Crippen LogP contribution in [0.3, 0.4) is 0 Å². The van der Waals surface area contributed by atoms with Crippen LogP contribution in [-0.2, 0) is 11.3 Å². The Hall–Kier alpha value is -1.89. The van der Waals surface area contributed by atoms with Gasteiger partial charge in [0.1, 0.15) is 0 Å². The molecule has 4 rings (SSSR count). The van der Waals surface area contributed by atoms with Crippen molar-refractivity contribution in [2.75, 3.05) is 26.2 Å². The van der Waals surface area contributed by atoms with Gasteiger partial charge in [-0.15, -0.1) is 11.3 Å². The molecule has 0 aliphatic carbocycles. The fourth-order valence-corrected chi connectivity index (χ4v) is 5.00. The minimum atomic E-state index is -0.107. The highest BCUT2D eigenvalue weighted by Gasteiger charge is 2.28. The molecule has 6 heteroatoms. The number of amides is 1. The first-order valence-electron chi connectivity index (χ1n) is 8.77. The molecular weight excluding hydrogens is 362 g/mol. The number of nitrogens with zero attached hydrogens (tertiary/aromatic N) is 3. The first-order chi connectivity index (χ1) is 12.7. The molecule has 1 fully saturated rings. The van der Waals surface area contributed by atoms with Crippen molar-refractivity contribution in [1.82, 2.24) is 9.80 Å². The Balaban J connectivity index is 1.35. The monoisotopic (exact) mass is 383 g/mol. The maximum atomic E-state index is 12.3. The van der Waals surface area contributed by atoms with Crippen molar-refractivity contribution in [2.24, 2.45) is 4.99 Å². The summed E-state index contributed by atoms with van der Waals surface area (Å²) in [5.74, 6) is -0.107. The molecule has 134 valence electrons. The maximum Gasteiger partial charge on any atom is 0.286 e. The number of rotatable bonds is 3. The number of hydrogen-bond acceptors (Lipinski definition) is 5. The van der Waals surface area contributed by atoms with Gasteiger partial charge in [0, 0.05) is 37.6 Å². The van der Waals surface area contributed by atoms with Gasteiger partial charge in [0.2, 0.25) is 0 Å². The Kier molecular flexibility index (Phi) is 5.24. The summed E-state index contributed by atoms with van der Waals surface area (Å²) < 4.78 is 0. The number of benzene rings is 1. The third-order valence-electron chi connectivity index (χ3n) is 4.66. The Labute approximate surface area is 162 Å². The normalized spacial score (nSPS) is 20.0. The van der Waals surface area contributed by atoms with Crippen molar-refractivity contribution < 1.29 is 4.79 Å². The number of amidine groups is 1. The average Bonchev–Trinajstić information content (AvgIpc) is 3.23. The molecule has 2 aliphatic heterocycles. The Morgan fingerprint density at radius 3 is 2.58 bits per heavy atom. The first-order valence-corrected chi connectivity index (χ1v) is 10.5. The van der Waals surface area contributed by atoms with Crippen LogP contribution in [0.25, 0.3) is 6.08 Å². The lowest BCUT2D eigenvalue weighted by atomic mass is 10.2. The number of carbonyl (C=O) groups excluding carboxylic acids is 1. The third-order valence-corrected chi connectivity index (χ3v) is 6.68. The molecule has 26 heavy (non-hydrogen) atoms. The van der Waals surface area contributed by atoms with Gasteiger partial charge in [0.05, 0.1) is 4.91 Å². The maximum absolute atomic E-state index is 12.3. The predicted octanol–water partition coefficient (Wildman–Crippen LogP) is 3.84. The molecule has 1 aromatic heterocycles. The zero-order valence-electron chi connectivity index (χ0n) is 14.7. The molecule has 0 saturated carbocycles. The second kappa shape index (κ2) is 7.78. The summed E-state index contributed by atoms with van der Waals surface area (Å²) in [6, 6.07) is 12.7. The van der Waals surface area contributed by atoms with Gasteiger partial charge in [-0.2, -0.15) is 4.99 Å². The minimum absolute atomic E-state index is 0.107. The van der Waals surface area contributed by atoms with Gasteiger partial charge in [-0.3, -0.25) is 9.69 Å². The van der Waals surface area contributed by atoms with Crippen LogP contribution in [0.15, 0.2) is 51.7 Å². The minimum Gasteiger partial charge on any atom is -0.348 e. The van der Waals surface area contributed by atoms with E-state index in [1.165, 1.54) is 22.9 Å². The van der Waals surface area contributed by atoms with Crippen molar-refractivity contribution in [3.63, 3.8) is 0 Å². The van der Waals surface area contributed by atoms with Crippen LogP contribution in [0.5, 0.6) is 0 Å². The average molecular weight is 384 g/mol. The van der Waals surface area contributed by atoms with E-state index in [0.29, 0.717) is 0 Å². The first kappa shape index (κ1) is 17.5. The van der Waals surface area contributed by atoms with Gasteiger partial charge in [-0.25, -0.2) is 0 Å². The van der Waals surface area contributed by atoms with E-state index < -0.39 is 0 Å². The van der Waals surface area contributed by atoms with Gasteiger partial charge in [0.15, 0.2) is 5.17 Å². The number of aliphatic imine (C=N–C) groups is 1. The van der Waals surface area contributed by atoms with Crippen molar-refractivity contribution in [1.29, 1.82) is 0 Å². The van der Waals surface area contributed by atoms with Crippen LogP contribution < -0.4 is 0 Å². The van der Waals surface area contributed by atoms with E-state index in [4.69, 9.17) is 0 Å². The molecule has 0 bridgehead atoms. The number of piperazine rings is 1. The van der Waals surface area contributed by atoms with Gasteiger partial charge in [0.25, 0.3) is 5.91 Å². The fourth-order valence-electron chi connectivity index (χ4n) is 3.12. The molecule has 0 radical (unpaired) electrons. The second-order valence-electron chi connectivity index (χ2n) is 6.53. The fraction of sp³-hybridized carbons (Fsp3) is 0.300. The number of aryl methyl sites for hydroxylation is 1. The quantitative estimate of drug-likeness (QED) is 0.755. The van der Waals surface area contributed by atoms with Gasteiger partial charge in [-0.05, 0) is 47.3 Å². The molecule has 2 aliphatic rings. The Bertz CT molecular complexity index is 849. The molecule has 1 saturated heterocycles. The molecule has 3 heterocycles. The van der Waals surface area contributed by atoms with E-state index in [9.17, 15) is 4.79 Å². The van der Waals surface area contributed by atoms with E-state index in [0.717, 1.165) is 47.7 Å². The molecule has 0 N–H and O–H groups in total. The van der Waals surface area contributed by atoms with Crippen LogP contribution in [-0.4, -0.2) is 47.1 Å². The summed E-state index contributed by atoms with van der Waals surface area (Å²) >= 11 is 3.18. The second-order valence-corrected chi connectivity index (χ2v) is 8.48. The number of hydrogen-bond donors (Lipinski definition) is 0.